The Balaban J connectivity index is 1.20. The summed E-state index contributed by atoms with van der Waals surface area (Å²) in [7, 11) is 1.85. The molecule has 0 aliphatic carbocycles. The molecule has 0 aromatic heterocycles. The number of likely N-dealkylation sites (tertiary alicyclic amines) is 1. The van der Waals surface area contributed by atoms with Gasteiger partial charge in [0.25, 0.3) is 0 Å². The van der Waals surface area contributed by atoms with Crippen molar-refractivity contribution in [3.05, 3.63) is 35.9 Å². The van der Waals surface area contributed by atoms with Crippen LogP contribution >= 0.6 is 0 Å². The molecular weight excluding hydrogens is 350 g/mol. The first kappa shape index (κ1) is 19.7. The van der Waals surface area contributed by atoms with Gasteiger partial charge in [0.05, 0.1) is 12.7 Å². The van der Waals surface area contributed by atoms with E-state index in [4.69, 9.17) is 4.74 Å². The van der Waals surface area contributed by atoms with Crippen molar-refractivity contribution in [2.75, 3.05) is 46.4 Å². The number of ether oxygens (including phenoxy) is 1. The van der Waals surface area contributed by atoms with Gasteiger partial charge >= 0.3 is 0 Å². The molecule has 3 heterocycles. The lowest BCUT2D eigenvalue weighted by atomic mass is 10.2. The van der Waals surface area contributed by atoms with Crippen molar-refractivity contribution in [3.63, 3.8) is 0 Å². The summed E-state index contributed by atoms with van der Waals surface area (Å²) in [5, 5.41) is 7.02. The Morgan fingerprint density at radius 2 is 1.93 bits per heavy atom. The normalized spacial score (nSPS) is 29.0. The standard InChI is InChI=1S/C22H35N5O/c1-23-22(25-14-21-16-27-12-6-10-20(27)17-28-21)24-13-19-9-5-11-26(19)15-18-7-3-2-4-8-18/h2-4,7-8,19-21H,5-6,9-17H2,1H3,(H2,23,24,25). The average molecular weight is 386 g/mol. The third kappa shape index (κ3) is 5.04. The Kier molecular flexibility index (Phi) is 6.83. The minimum Gasteiger partial charge on any atom is -0.373 e. The minimum absolute atomic E-state index is 0.258. The van der Waals surface area contributed by atoms with Crippen molar-refractivity contribution in [2.45, 2.75) is 50.4 Å². The largest absolute Gasteiger partial charge is 0.373 e. The smallest absolute Gasteiger partial charge is 0.191 e. The molecule has 1 aromatic carbocycles. The number of nitrogens with one attached hydrogen (secondary N) is 2. The monoisotopic (exact) mass is 385 g/mol. The van der Waals surface area contributed by atoms with Gasteiger partial charge < -0.3 is 15.4 Å². The maximum Gasteiger partial charge on any atom is 0.191 e. The Hall–Kier alpha value is -1.63. The highest BCUT2D eigenvalue weighted by Crippen LogP contribution is 2.22. The first-order chi connectivity index (χ1) is 13.8. The van der Waals surface area contributed by atoms with Crippen LogP contribution in [-0.2, 0) is 11.3 Å². The van der Waals surface area contributed by atoms with E-state index in [1.54, 1.807) is 0 Å². The lowest BCUT2D eigenvalue weighted by Crippen LogP contribution is -2.52. The van der Waals surface area contributed by atoms with Gasteiger partial charge in [-0.15, -0.1) is 0 Å². The van der Waals surface area contributed by atoms with Crippen LogP contribution in [0.1, 0.15) is 31.2 Å². The van der Waals surface area contributed by atoms with Gasteiger partial charge in [-0.05, 0) is 44.3 Å². The van der Waals surface area contributed by atoms with E-state index >= 15 is 0 Å². The summed E-state index contributed by atoms with van der Waals surface area (Å²) < 4.78 is 6.05. The maximum atomic E-state index is 6.05. The van der Waals surface area contributed by atoms with E-state index in [0.717, 1.165) is 38.7 Å². The van der Waals surface area contributed by atoms with Crippen molar-refractivity contribution in [2.24, 2.45) is 4.99 Å². The maximum absolute atomic E-state index is 6.05. The molecule has 0 amide bonds. The number of fused-ring (bicyclic) bond motifs is 1. The molecule has 0 saturated carbocycles. The molecule has 28 heavy (non-hydrogen) atoms. The van der Waals surface area contributed by atoms with Gasteiger partial charge in [-0.25, -0.2) is 0 Å². The van der Waals surface area contributed by atoms with Crippen LogP contribution in [0.15, 0.2) is 35.3 Å². The van der Waals surface area contributed by atoms with Crippen LogP contribution in [0.2, 0.25) is 0 Å². The predicted octanol–water partition coefficient (Wildman–Crippen LogP) is 1.68. The van der Waals surface area contributed by atoms with Crippen molar-refractivity contribution in [3.8, 4) is 0 Å². The average Bonchev–Trinajstić information content (AvgIpc) is 3.38. The van der Waals surface area contributed by atoms with Crippen molar-refractivity contribution in [1.82, 2.24) is 20.4 Å². The molecular formula is C22H35N5O. The van der Waals surface area contributed by atoms with Crippen LogP contribution in [0.4, 0.5) is 0 Å². The lowest BCUT2D eigenvalue weighted by molar-refractivity contribution is -0.0453. The minimum atomic E-state index is 0.258. The SMILES string of the molecule is CN=C(NCC1CN2CCCC2CO1)NCC1CCCN1Cc1ccccc1. The molecule has 0 bridgehead atoms. The summed E-state index contributed by atoms with van der Waals surface area (Å²) >= 11 is 0. The summed E-state index contributed by atoms with van der Waals surface area (Å²) in [4.78, 5) is 9.60. The second-order valence-corrected chi connectivity index (χ2v) is 8.33. The summed E-state index contributed by atoms with van der Waals surface area (Å²) in [5.74, 6) is 0.888. The molecule has 0 spiro atoms. The summed E-state index contributed by atoms with van der Waals surface area (Å²) in [6.45, 7) is 7.13. The van der Waals surface area contributed by atoms with E-state index in [-0.39, 0.29) is 6.10 Å². The molecule has 4 rings (SSSR count). The van der Waals surface area contributed by atoms with Crippen molar-refractivity contribution < 1.29 is 4.74 Å². The Morgan fingerprint density at radius 1 is 1.11 bits per heavy atom. The molecule has 3 fully saturated rings. The van der Waals surface area contributed by atoms with Crippen LogP contribution in [0.3, 0.4) is 0 Å². The Bertz CT molecular complexity index is 637. The molecule has 6 nitrogen and oxygen atoms in total. The number of benzene rings is 1. The molecule has 0 radical (unpaired) electrons. The fraction of sp³-hybridized carbons (Fsp3) is 0.682. The molecule has 2 N–H and O–H groups in total. The first-order valence-corrected chi connectivity index (χ1v) is 10.9. The fourth-order valence-corrected chi connectivity index (χ4v) is 4.81. The number of hydrogen-bond acceptors (Lipinski definition) is 4. The molecule has 1 aromatic rings. The molecule has 6 heteroatoms. The van der Waals surface area contributed by atoms with Gasteiger partial charge in [-0.3, -0.25) is 14.8 Å². The van der Waals surface area contributed by atoms with E-state index in [1.165, 1.54) is 44.3 Å². The van der Waals surface area contributed by atoms with Crippen LogP contribution in [0.5, 0.6) is 0 Å². The number of nitrogens with zero attached hydrogens (tertiary/aromatic N) is 3. The zero-order valence-corrected chi connectivity index (χ0v) is 17.1. The molecule has 3 unspecified atom stereocenters. The molecule has 3 aliphatic heterocycles. The quantitative estimate of drug-likeness (QED) is 0.576. The second-order valence-electron chi connectivity index (χ2n) is 8.33. The highest BCUT2D eigenvalue weighted by molar-refractivity contribution is 5.79. The van der Waals surface area contributed by atoms with Crippen LogP contribution in [0.25, 0.3) is 0 Å². The van der Waals surface area contributed by atoms with E-state index in [2.05, 4.69) is 55.8 Å². The third-order valence-corrected chi connectivity index (χ3v) is 6.42. The van der Waals surface area contributed by atoms with E-state index < -0.39 is 0 Å². The second kappa shape index (κ2) is 9.72. The highest BCUT2D eigenvalue weighted by Gasteiger charge is 2.32. The summed E-state index contributed by atoms with van der Waals surface area (Å²) in [6, 6.07) is 12.0. The first-order valence-electron chi connectivity index (χ1n) is 10.9. The molecule has 3 atom stereocenters. The van der Waals surface area contributed by atoms with Gasteiger partial charge in [0.15, 0.2) is 5.96 Å². The lowest BCUT2D eigenvalue weighted by Gasteiger charge is -2.35. The number of rotatable bonds is 6. The predicted molar refractivity (Wildman–Crippen MR) is 114 cm³/mol. The van der Waals surface area contributed by atoms with Crippen LogP contribution in [-0.4, -0.2) is 80.3 Å². The highest BCUT2D eigenvalue weighted by atomic mass is 16.5. The molecule has 3 saturated heterocycles. The fourth-order valence-electron chi connectivity index (χ4n) is 4.81. The van der Waals surface area contributed by atoms with E-state index in [0.29, 0.717) is 12.1 Å². The van der Waals surface area contributed by atoms with Crippen molar-refractivity contribution in [1.29, 1.82) is 0 Å². The van der Waals surface area contributed by atoms with Gasteiger partial charge in [-0.2, -0.15) is 0 Å². The number of hydrogen-bond donors (Lipinski definition) is 2. The zero-order chi connectivity index (χ0) is 19.2. The summed E-state index contributed by atoms with van der Waals surface area (Å²) in [6.07, 6.45) is 5.40. The van der Waals surface area contributed by atoms with Gasteiger partial charge in [0.2, 0.25) is 0 Å². The zero-order valence-electron chi connectivity index (χ0n) is 17.1. The molecule has 154 valence electrons. The van der Waals surface area contributed by atoms with E-state index in [9.17, 15) is 0 Å². The van der Waals surface area contributed by atoms with Gasteiger partial charge in [0.1, 0.15) is 0 Å². The van der Waals surface area contributed by atoms with Gasteiger partial charge in [0, 0.05) is 45.3 Å². The Labute approximate surface area is 169 Å². The molecule has 3 aliphatic rings. The number of guanidine groups is 1. The Morgan fingerprint density at radius 3 is 2.79 bits per heavy atom. The third-order valence-electron chi connectivity index (χ3n) is 6.42. The van der Waals surface area contributed by atoms with Crippen LogP contribution < -0.4 is 10.6 Å². The number of morpholine rings is 1. The van der Waals surface area contributed by atoms with Gasteiger partial charge in [-0.1, -0.05) is 30.3 Å². The van der Waals surface area contributed by atoms with Crippen molar-refractivity contribution >= 4 is 5.96 Å². The topological polar surface area (TPSA) is 52.1 Å². The number of aliphatic imine (C=N–C) groups is 1. The van der Waals surface area contributed by atoms with Crippen LogP contribution in [0, 0.1) is 0 Å². The summed E-state index contributed by atoms with van der Waals surface area (Å²) in [5.41, 5.74) is 1.39. The van der Waals surface area contributed by atoms with E-state index in [1.807, 2.05) is 7.05 Å².